The Morgan fingerprint density at radius 2 is 1.62 bits per heavy atom. The van der Waals surface area contributed by atoms with Crippen LogP contribution >= 0.6 is 0 Å². The molecule has 0 bridgehead atoms. The van der Waals surface area contributed by atoms with Gasteiger partial charge >= 0.3 is 12.2 Å². The number of H-pyrrole nitrogens is 1. The number of morpholine rings is 1. The fraction of sp³-hybridized carbons (Fsp3) is 0.316. The Bertz CT molecular complexity index is 1720. The molecule has 1 aromatic heterocycles. The predicted molar refractivity (Wildman–Crippen MR) is 184 cm³/mol. The summed E-state index contributed by atoms with van der Waals surface area (Å²) in [6.07, 6.45) is 0.891. The highest BCUT2D eigenvalue weighted by atomic mass is 19.1. The molecule has 0 unspecified atom stereocenters. The van der Waals surface area contributed by atoms with Crippen molar-refractivity contribution in [3.8, 4) is 0 Å². The first-order valence-corrected chi connectivity index (χ1v) is 16.5. The number of benzene rings is 3. The van der Waals surface area contributed by atoms with Gasteiger partial charge in [-0.25, -0.2) is 14.0 Å². The molecule has 3 atom stereocenters. The fourth-order valence-corrected chi connectivity index (χ4v) is 5.98. The van der Waals surface area contributed by atoms with Gasteiger partial charge in [0.05, 0.1) is 25.9 Å². The zero-order chi connectivity index (χ0) is 35.3. The smallest absolute Gasteiger partial charge is 0.407 e. The van der Waals surface area contributed by atoms with E-state index < -0.39 is 24.1 Å². The van der Waals surface area contributed by atoms with Gasteiger partial charge in [-0.05, 0) is 53.3 Å². The summed E-state index contributed by atoms with van der Waals surface area (Å²) in [5.41, 5.74) is 3.07. The maximum atomic E-state index is 14.1. The van der Waals surface area contributed by atoms with Crippen molar-refractivity contribution in [2.24, 2.45) is 0 Å². The van der Waals surface area contributed by atoms with Crippen LogP contribution in [0.4, 0.5) is 14.0 Å². The predicted octanol–water partition coefficient (Wildman–Crippen LogP) is 4.40. The molecule has 0 spiro atoms. The van der Waals surface area contributed by atoms with E-state index in [1.165, 1.54) is 19.2 Å². The van der Waals surface area contributed by atoms with Gasteiger partial charge < -0.3 is 35.1 Å². The number of Topliss-reactive ketones (excluding diaryl/α,β-unsaturated/α-hetero) is 1. The van der Waals surface area contributed by atoms with E-state index in [1.807, 2.05) is 60.7 Å². The van der Waals surface area contributed by atoms with Gasteiger partial charge in [-0.2, -0.15) is 0 Å². The van der Waals surface area contributed by atoms with E-state index in [1.54, 1.807) is 24.4 Å². The lowest BCUT2D eigenvalue weighted by Crippen LogP contribution is -2.49. The van der Waals surface area contributed by atoms with Gasteiger partial charge in [0.15, 0.2) is 5.78 Å². The average molecular weight is 685 g/mol. The Balaban J connectivity index is 1.18. The van der Waals surface area contributed by atoms with Crippen LogP contribution in [0.2, 0.25) is 0 Å². The average Bonchev–Trinajstić information content (AvgIpc) is 3.15. The summed E-state index contributed by atoms with van der Waals surface area (Å²) in [6, 6.07) is 25.2. The molecule has 0 radical (unpaired) electrons. The molecule has 0 aliphatic carbocycles. The number of carbonyl (C=O) groups excluding carboxylic acids is 3. The van der Waals surface area contributed by atoms with Crippen molar-refractivity contribution < 1.29 is 33.0 Å². The highest BCUT2D eigenvalue weighted by Gasteiger charge is 2.33. The molecule has 12 heteroatoms. The first kappa shape index (κ1) is 36.0. The number of pyridine rings is 1. The van der Waals surface area contributed by atoms with Crippen LogP contribution in [0.25, 0.3) is 0 Å². The Morgan fingerprint density at radius 3 is 2.24 bits per heavy atom. The Labute approximate surface area is 289 Å². The number of carbonyl (C=O) groups is 3. The summed E-state index contributed by atoms with van der Waals surface area (Å²) < 4.78 is 29.3. The van der Waals surface area contributed by atoms with Crippen molar-refractivity contribution >= 4 is 18.0 Å². The molecular formula is C38H41FN4O7. The molecule has 0 saturated carbocycles. The van der Waals surface area contributed by atoms with Crippen LogP contribution in [0.3, 0.4) is 0 Å². The number of aromatic amines is 1. The van der Waals surface area contributed by atoms with Crippen LogP contribution in [-0.4, -0.2) is 68.0 Å². The van der Waals surface area contributed by atoms with Crippen molar-refractivity contribution in [1.29, 1.82) is 0 Å². The number of halogens is 1. The van der Waals surface area contributed by atoms with Crippen LogP contribution in [-0.2, 0) is 38.4 Å². The molecule has 5 rings (SSSR count). The van der Waals surface area contributed by atoms with Crippen LogP contribution in [0.15, 0.2) is 102 Å². The quantitative estimate of drug-likeness (QED) is 0.153. The van der Waals surface area contributed by atoms with Gasteiger partial charge in [0.25, 0.3) is 5.56 Å². The van der Waals surface area contributed by atoms with Crippen molar-refractivity contribution in [3.63, 3.8) is 0 Å². The van der Waals surface area contributed by atoms with Crippen molar-refractivity contribution in [2.45, 2.75) is 49.9 Å². The number of aryl methyl sites for hydroxylation is 1. The summed E-state index contributed by atoms with van der Waals surface area (Å²) in [4.78, 5) is 54.6. The first-order chi connectivity index (χ1) is 24.3. The molecule has 1 aliphatic heterocycles. The zero-order valence-corrected chi connectivity index (χ0v) is 27.7. The summed E-state index contributed by atoms with van der Waals surface area (Å²) in [6.45, 7) is 1.15. The third-order valence-electron chi connectivity index (χ3n) is 8.64. The highest BCUT2D eigenvalue weighted by molar-refractivity contribution is 5.90. The normalized spacial score (nSPS) is 16.3. The summed E-state index contributed by atoms with van der Waals surface area (Å²) in [5.74, 6) is -1.22. The van der Waals surface area contributed by atoms with Crippen LogP contribution in [0.5, 0.6) is 0 Å². The van der Waals surface area contributed by atoms with Gasteiger partial charge in [-0.3, -0.25) is 9.59 Å². The van der Waals surface area contributed by atoms with Gasteiger partial charge in [-0.1, -0.05) is 72.8 Å². The summed E-state index contributed by atoms with van der Waals surface area (Å²) in [7, 11) is 1.24. The monoisotopic (exact) mass is 684 g/mol. The molecule has 1 saturated heterocycles. The maximum Gasteiger partial charge on any atom is 0.407 e. The molecule has 1 aliphatic rings. The number of ketones is 1. The van der Waals surface area contributed by atoms with Crippen molar-refractivity contribution in [2.75, 3.05) is 26.9 Å². The van der Waals surface area contributed by atoms with E-state index in [-0.39, 0.29) is 48.9 Å². The summed E-state index contributed by atoms with van der Waals surface area (Å²) in [5, 5.41) is 8.72. The first-order valence-electron chi connectivity index (χ1n) is 16.5. The number of amides is 2. The Morgan fingerprint density at radius 1 is 0.940 bits per heavy atom. The van der Waals surface area contributed by atoms with Gasteiger partial charge in [0.2, 0.25) is 0 Å². The summed E-state index contributed by atoms with van der Waals surface area (Å²) >= 11 is 0. The minimum Gasteiger partial charge on any atom is -0.453 e. The van der Waals surface area contributed by atoms with E-state index in [2.05, 4.69) is 20.9 Å². The molecule has 50 heavy (non-hydrogen) atoms. The lowest BCUT2D eigenvalue weighted by atomic mass is 9.81. The second-order valence-corrected chi connectivity index (χ2v) is 12.0. The number of ether oxygens (including phenoxy) is 3. The molecule has 2 heterocycles. The number of alkyl carbamates (subject to hydrolysis) is 2. The van der Waals surface area contributed by atoms with E-state index >= 15 is 0 Å². The van der Waals surface area contributed by atoms with Gasteiger partial charge in [0.1, 0.15) is 18.5 Å². The van der Waals surface area contributed by atoms with Gasteiger partial charge in [-0.15, -0.1) is 0 Å². The largest absolute Gasteiger partial charge is 0.453 e. The number of aromatic nitrogens is 1. The lowest BCUT2D eigenvalue weighted by molar-refractivity contribution is -0.120. The van der Waals surface area contributed by atoms with E-state index in [9.17, 15) is 23.6 Å². The third kappa shape index (κ3) is 10.1. The van der Waals surface area contributed by atoms with Crippen molar-refractivity contribution in [1.82, 2.24) is 20.9 Å². The highest BCUT2D eigenvalue weighted by Crippen LogP contribution is 2.29. The number of hydrogen-bond acceptors (Lipinski definition) is 8. The molecular weight excluding hydrogens is 643 g/mol. The zero-order valence-electron chi connectivity index (χ0n) is 27.7. The van der Waals surface area contributed by atoms with Crippen molar-refractivity contribution in [3.05, 3.63) is 141 Å². The fourth-order valence-electron chi connectivity index (χ4n) is 5.98. The Kier molecular flexibility index (Phi) is 12.9. The molecule has 4 N–H and O–H groups in total. The number of methoxy groups -OCH3 is 1. The number of hydrogen-bond donors (Lipinski definition) is 4. The second-order valence-electron chi connectivity index (χ2n) is 12.0. The minimum atomic E-state index is -1.02. The van der Waals surface area contributed by atoms with Crippen LogP contribution in [0, 0.1) is 5.82 Å². The molecule has 262 valence electrons. The molecule has 4 aromatic rings. The molecule has 1 fully saturated rings. The van der Waals surface area contributed by atoms with E-state index in [4.69, 9.17) is 14.2 Å². The van der Waals surface area contributed by atoms with E-state index in [0.29, 0.717) is 37.1 Å². The van der Waals surface area contributed by atoms with Crippen LogP contribution in [0.1, 0.15) is 40.2 Å². The second kappa shape index (κ2) is 17.9. The molecule has 3 aromatic carbocycles. The number of rotatable bonds is 14. The lowest BCUT2D eigenvalue weighted by Gasteiger charge is -2.30. The van der Waals surface area contributed by atoms with E-state index in [0.717, 1.165) is 16.7 Å². The standard InChI is InChI=1S/C38H41FN4O7/c1-48-38(47)43-35(34(27-8-4-2-5-9-27)28-10-6-3-7-11-28)33(44)20-32-26(18-19-40-36(32)45)14-17-31-22-41-30(23-49-31)24-50-37(46)42-21-25-12-15-29(39)16-13-25/h2-13,15-16,18-19,30-31,34-35,41H,14,17,20-24H2,1H3,(H,40,45)(H,42,46)(H,43,47)/t30-,31+,35+/m0/s1. The Hall–Kier alpha value is -5.33. The minimum absolute atomic E-state index is 0.107. The molecule has 2 amide bonds. The van der Waals surface area contributed by atoms with Crippen LogP contribution < -0.4 is 21.5 Å². The third-order valence-corrected chi connectivity index (χ3v) is 8.64. The topological polar surface area (TPSA) is 148 Å². The van der Waals surface area contributed by atoms with Gasteiger partial charge in [0, 0.05) is 37.2 Å². The SMILES string of the molecule is COC(=O)N[C@H](C(=O)Cc1c(CC[C@@H]2CN[C@H](COC(=O)NCc3ccc(F)cc3)CO2)cc[nH]c1=O)C(c1ccccc1)c1ccccc1. The maximum absolute atomic E-state index is 14.1. The number of nitrogens with one attached hydrogen (secondary N) is 4. The molecule has 11 nitrogen and oxygen atoms in total.